The Morgan fingerprint density at radius 2 is 1.61 bits per heavy atom. The summed E-state index contributed by atoms with van der Waals surface area (Å²) < 4.78 is 0. The maximum absolute atomic E-state index is 2.23. The Bertz CT molecular complexity index is 521. The molecule has 0 spiro atoms. The number of fused-ring (bicyclic) bond motifs is 1. The van der Waals surface area contributed by atoms with Gasteiger partial charge in [-0.2, -0.15) is 0 Å². The summed E-state index contributed by atoms with van der Waals surface area (Å²) in [6.45, 7) is 4.25. The molecule has 1 aliphatic carbocycles. The second-order valence-corrected chi connectivity index (χ2v) is 4.56. The van der Waals surface area contributed by atoms with E-state index >= 15 is 0 Å². The minimum atomic E-state index is 1.08. The molecule has 0 radical (unpaired) electrons. The summed E-state index contributed by atoms with van der Waals surface area (Å²) in [5.74, 6) is 0. The molecule has 18 heavy (non-hydrogen) atoms. The summed E-state index contributed by atoms with van der Waals surface area (Å²) in [4.78, 5) is 0. The van der Waals surface area contributed by atoms with Crippen molar-refractivity contribution in [1.29, 1.82) is 0 Å². The van der Waals surface area contributed by atoms with Crippen molar-refractivity contribution in [3.05, 3.63) is 65.7 Å². The Labute approximate surface area is 110 Å². The van der Waals surface area contributed by atoms with Crippen molar-refractivity contribution >= 4 is 6.08 Å². The van der Waals surface area contributed by atoms with Gasteiger partial charge in [-0.25, -0.2) is 0 Å². The van der Waals surface area contributed by atoms with E-state index in [4.69, 9.17) is 0 Å². The lowest BCUT2D eigenvalue weighted by Gasteiger charge is -2.07. The summed E-state index contributed by atoms with van der Waals surface area (Å²) in [6, 6.07) is 17.1. The molecule has 0 nitrogen and oxygen atoms in total. The van der Waals surface area contributed by atoms with E-state index in [0.717, 1.165) is 6.42 Å². The van der Waals surface area contributed by atoms with E-state index in [1.807, 2.05) is 0 Å². The monoisotopic (exact) mass is 236 g/mol. The van der Waals surface area contributed by atoms with E-state index in [9.17, 15) is 0 Å². The van der Waals surface area contributed by atoms with E-state index in [1.54, 1.807) is 0 Å². The first-order valence-corrected chi connectivity index (χ1v) is 6.70. The summed E-state index contributed by atoms with van der Waals surface area (Å²) in [7, 11) is 0. The molecule has 92 valence electrons. The van der Waals surface area contributed by atoms with Crippen LogP contribution in [0.2, 0.25) is 0 Å². The highest BCUT2D eigenvalue weighted by atomic mass is 14.1. The Morgan fingerprint density at radius 1 is 0.889 bits per heavy atom. The van der Waals surface area contributed by atoms with Gasteiger partial charge in [-0.15, -0.1) is 0 Å². The lowest BCUT2D eigenvalue weighted by Crippen LogP contribution is -1.86. The first-order valence-electron chi connectivity index (χ1n) is 6.70. The zero-order chi connectivity index (χ0) is 12.8. The van der Waals surface area contributed by atoms with Gasteiger partial charge in [0.25, 0.3) is 0 Å². The Morgan fingerprint density at radius 3 is 2.33 bits per heavy atom. The molecule has 0 bridgehead atoms. The Balaban J connectivity index is 0.000000367. The standard InChI is InChI=1S/C15H12.C3H8/c1-2-6-12(7-3-1)14-10-4-8-13-9-5-11-15(13)14;1-3-2/h1-8,10-11H,9H2;3H2,1-2H3. The van der Waals surface area contributed by atoms with Crippen LogP contribution in [0.4, 0.5) is 0 Å². The van der Waals surface area contributed by atoms with Crippen LogP contribution in [0, 0.1) is 0 Å². The van der Waals surface area contributed by atoms with Gasteiger partial charge in [0.1, 0.15) is 0 Å². The van der Waals surface area contributed by atoms with Gasteiger partial charge in [0.15, 0.2) is 0 Å². The molecule has 0 saturated heterocycles. The number of hydrogen-bond donors (Lipinski definition) is 0. The van der Waals surface area contributed by atoms with E-state index in [1.165, 1.54) is 28.7 Å². The van der Waals surface area contributed by atoms with Crippen molar-refractivity contribution in [2.75, 3.05) is 0 Å². The van der Waals surface area contributed by atoms with Crippen LogP contribution in [-0.4, -0.2) is 0 Å². The highest BCUT2D eigenvalue weighted by Gasteiger charge is 2.09. The molecule has 0 fully saturated rings. The molecular weight excluding hydrogens is 216 g/mol. The van der Waals surface area contributed by atoms with Gasteiger partial charge in [-0.1, -0.05) is 81.0 Å². The van der Waals surface area contributed by atoms with E-state index in [0.29, 0.717) is 0 Å². The van der Waals surface area contributed by atoms with Crippen molar-refractivity contribution in [2.45, 2.75) is 26.7 Å². The molecule has 3 rings (SSSR count). The summed E-state index contributed by atoms with van der Waals surface area (Å²) in [5, 5.41) is 0. The van der Waals surface area contributed by atoms with Gasteiger partial charge >= 0.3 is 0 Å². The lowest BCUT2D eigenvalue weighted by atomic mass is 9.97. The summed E-state index contributed by atoms with van der Waals surface area (Å²) in [6.07, 6.45) is 6.80. The van der Waals surface area contributed by atoms with Crippen molar-refractivity contribution in [3.63, 3.8) is 0 Å². The third-order valence-electron chi connectivity index (χ3n) is 2.90. The first-order chi connectivity index (χ1) is 8.86. The predicted octanol–water partition coefficient (Wildman–Crippen LogP) is 5.34. The molecule has 0 N–H and O–H groups in total. The molecule has 0 amide bonds. The molecule has 2 aromatic rings. The fraction of sp³-hybridized carbons (Fsp3) is 0.222. The maximum Gasteiger partial charge on any atom is -0.00879 e. The molecule has 0 heterocycles. The highest BCUT2D eigenvalue weighted by Crippen LogP contribution is 2.30. The minimum Gasteiger partial charge on any atom is -0.0795 e. The van der Waals surface area contributed by atoms with Crippen molar-refractivity contribution in [1.82, 2.24) is 0 Å². The van der Waals surface area contributed by atoms with E-state index in [2.05, 4.69) is 74.5 Å². The number of rotatable bonds is 1. The van der Waals surface area contributed by atoms with Crippen molar-refractivity contribution in [3.8, 4) is 11.1 Å². The average molecular weight is 236 g/mol. The molecule has 0 aliphatic heterocycles. The minimum absolute atomic E-state index is 1.08. The molecule has 0 atom stereocenters. The van der Waals surface area contributed by atoms with Gasteiger partial charge in [-0.3, -0.25) is 0 Å². The summed E-state index contributed by atoms with van der Waals surface area (Å²) in [5.41, 5.74) is 5.49. The van der Waals surface area contributed by atoms with Crippen LogP contribution >= 0.6 is 0 Å². The van der Waals surface area contributed by atoms with Gasteiger partial charge in [0.05, 0.1) is 0 Å². The van der Waals surface area contributed by atoms with Crippen LogP contribution in [0.5, 0.6) is 0 Å². The lowest BCUT2D eigenvalue weighted by molar-refractivity contribution is 1.09. The third kappa shape index (κ3) is 2.70. The SMILES string of the molecule is C1=Cc2c(cccc2-c2ccccc2)C1.CCC. The molecule has 2 aromatic carbocycles. The zero-order valence-electron chi connectivity index (χ0n) is 11.2. The predicted molar refractivity (Wildman–Crippen MR) is 80.6 cm³/mol. The van der Waals surface area contributed by atoms with Gasteiger partial charge in [0, 0.05) is 0 Å². The fourth-order valence-electron chi connectivity index (χ4n) is 2.16. The molecular formula is C18H20. The van der Waals surface area contributed by atoms with E-state index < -0.39 is 0 Å². The summed E-state index contributed by atoms with van der Waals surface area (Å²) >= 11 is 0. The molecule has 0 aromatic heterocycles. The van der Waals surface area contributed by atoms with Gasteiger partial charge < -0.3 is 0 Å². The third-order valence-corrected chi connectivity index (χ3v) is 2.90. The number of benzene rings is 2. The van der Waals surface area contributed by atoms with Gasteiger partial charge in [0.2, 0.25) is 0 Å². The zero-order valence-corrected chi connectivity index (χ0v) is 11.2. The van der Waals surface area contributed by atoms with E-state index in [-0.39, 0.29) is 0 Å². The maximum atomic E-state index is 2.23. The average Bonchev–Trinajstić information content (AvgIpc) is 2.89. The molecule has 0 saturated carbocycles. The van der Waals surface area contributed by atoms with Crippen LogP contribution < -0.4 is 0 Å². The Hall–Kier alpha value is -1.82. The molecule has 0 unspecified atom stereocenters. The van der Waals surface area contributed by atoms with Crippen LogP contribution in [0.1, 0.15) is 31.4 Å². The van der Waals surface area contributed by atoms with Crippen molar-refractivity contribution in [2.24, 2.45) is 0 Å². The van der Waals surface area contributed by atoms with Gasteiger partial charge in [-0.05, 0) is 28.7 Å². The smallest absolute Gasteiger partial charge is 0.00879 e. The van der Waals surface area contributed by atoms with Crippen LogP contribution in [0.3, 0.4) is 0 Å². The normalized spacial score (nSPS) is 11.7. The second-order valence-electron chi connectivity index (χ2n) is 4.56. The Kier molecular flexibility index (Phi) is 4.35. The molecule has 0 heteroatoms. The topological polar surface area (TPSA) is 0 Å². The highest BCUT2D eigenvalue weighted by molar-refractivity contribution is 5.79. The first kappa shape index (κ1) is 12.6. The van der Waals surface area contributed by atoms with Crippen LogP contribution in [0.15, 0.2) is 54.6 Å². The largest absolute Gasteiger partial charge is 0.0795 e. The second kappa shape index (κ2) is 6.20. The van der Waals surface area contributed by atoms with Crippen LogP contribution in [-0.2, 0) is 6.42 Å². The van der Waals surface area contributed by atoms with Crippen molar-refractivity contribution < 1.29 is 0 Å². The number of hydrogen-bond acceptors (Lipinski definition) is 0. The fourth-order valence-corrected chi connectivity index (χ4v) is 2.16. The number of allylic oxidation sites excluding steroid dienone is 1. The van der Waals surface area contributed by atoms with Crippen LogP contribution in [0.25, 0.3) is 17.2 Å². The quantitative estimate of drug-likeness (QED) is 0.627. The molecule has 1 aliphatic rings.